The standard InChI is InChI=1S/C22H25F2N3O2S/c1-16-2-4-17(5-3-16)14-21(29)27-12-10-26(11-13-27)15-20(28)25-18-6-8-19(9-7-18)30-22(23)24/h2-9,22H,10-15H2,1H3,(H,25,28). The molecule has 0 atom stereocenters. The van der Waals surface area contributed by atoms with Gasteiger partial charge in [0, 0.05) is 36.8 Å². The molecule has 3 rings (SSSR count). The van der Waals surface area contributed by atoms with E-state index in [-0.39, 0.29) is 18.4 Å². The summed E-state index contributed by atoms with van der Waals surface area (Å²) < 4.78 is 24.7. The van der Waals surface area contributed by atoms with Gasteiger partial charge in [-0.2, -0.15) is 8.78 Å². The fraction of sp³-hybridized carbons (Fsp3) is 0.364. The molecule has 0 bridgehead atoms. The normalized spacial score (nSPS) is 14.7. The lowest BCUT2D eigenvalue weighted by Crippen LogP contribution is -2.50. The average molecular weight is 434 g/mol. The highest BCUT2D eigenvalue weighted by atomic mass is 32.2. The molecule has 0 aliphatic carbocycles. The van der Waals surface area contributed by atoms with Gasteiger partial charge in [-0.25, -0.2) is 0 Å². The Hall–Kier alpha value is -2.45. The second-order valence-corrected chi connectivity index (χ2v) is 8.33. The lowest BCUT2D eigenvalue weighted by Gasteiger charge is -2.34. The number of thioether (sulfide) groups is 1. The van der Waals surface area contributed by atoms with E-state index >= 15 is 0 Å². The second kappa shape index (κ2) is 10.5. The molecule has 2 amide bonds. The van der Waals surface area contributed by atoms with Gasteiger partial charge in [0.05, 0.1) is 13.0 Å². The lowest BCUT2D eigenvalue weighted by molar-refractivity contribution is -0.132. The zero-order valence-electron chi connectivity index (χ0n) is 16.8. The van der Waals surface area contributed by atoms with E-state index in [1.807, 2.05) is 41.0 Å². The molecule has 2 aromatic carbocycles. The number of carbonyl (C=O) groups is 2. The van der Waals surface area contributed by atoms with Gasteiger partial charge in [0.1, 0.15) is 0 Å². The second-order valence-electron chi connectivity index (χ2n) is 7.27. The van der Waals surface area contributed by atoms with Crippen molar-refractivity contribution in [3.63, 3.8) is 0 Å². The van der Waals surface area contributed by atoms with Crippen molar-refractivity contribution in [1.29, 1.82) is 0 Å². The summed E-state index contributed by atoms with van der Waals surface area (Å²) in [5, 5.41) is 2.78. The molecule has 0 saturated carbocycles. The first-order valence-corrected chi connectivity index (χ1v) is 10.7. The Morgan fingerprint density at radius 1 is 1.00 bits per heavy atom. The van der Waals surface area contributed by atoms with Crippen molar-refractivity contribution < 1.29 is 18.4 Å². The fourth-order valence-corrected chi connectivity index (χ4v) is 3.77. The van der Waals surface area contributed by atoms with Gasteiger partial charge in [0.15, 0.2) is 0 Å². The van der Waals surface area contributed by atoms with E-state index in [0.717, 1.165) is 5.56 Å². The molecule has 30 heavy (non-hydrogen) atoms. The Morgan fingerprint density at radius 3 is 2.23 bits per heavy atom. The van der Waals surface area contributed by atoms with Crippen LogP contribution in [0.5, 0.6) is 0 Å². The molecule has 8 heteroatoms. The molecule has 0 unspecified atom stereocenters. The molecule has 1 aliphatic rings. The van der Waals surface area contributed by atoms with Crippen LogP contribution in [-0.4, -0.2) is 60.1 Å². The molecule has 2 aromatic rings. The van der Waals surface area contributed by atoms with Crippen molar-refractivity contribution in [2.24, 2.45) is 0 Å². The topological polar surface area (TPSA) is 52.7 Å². The summed E-state index contributed by atoms with van der Waals surface area (Å²) in [7, 11) is 0. The number of nitrogens with one attached hydrogen (secondary N) is 1. The molecule has 0 aromatic heterocycles. The van der Waals surface area contributed by atoms with Crippen molar-refractivity contribution in [1.82, 2.24) is 9.80 Å². The molecule has 1 fully saturated rings. The Labute approximate surface area is 179 Å². The van der Waals surface area contributed by atoms with E-state index in [1.54, 1.807) is 24.3 Å². The van der Waals surface area contributed by atoms with Crippen LogP contribution < -0.4 is 5.32 Å². The third-order valence-electron chi connectivity index (χ3n) is 4.93. The van der Waals surface area contributed by atoms with Crippen LogP contribution in [0.25, 0.3) is 0 Å². The molecule has 0 spiro atoms. The lowest BCUT2D eigenvalue weighted by atomic mass is 10.1. The molecular weight excluding hydrogens is 408 g/mol. The summed E-state index contributed by atoms with van der Waals surface area (Å²) in [4.78, 5) is 29.1. The van der Waals surface area contributed by atoms with Crippen molar-refractivity contribution in [3.05, 3.63) is 59.7 Å². The minimum atomic E-state index is -2.46. The molecule has 160 valence electrons. The van der Waals surface area contributed by atoms with Crippen LogP contribution in [0, 0.1) is 6.92 Å². The molecule has 1 N–H and O–H groups in total. The number of nitrogens with zero attached hydrogens (tertiary/aromatic N) is 2. The molecule has 5 nitrogen and oxygen atoms in total. The third kappa shape index (κ3) is 6.81. The third-order valence-corrected chi connectivity index (χ3v) is 5.65. The van der Waals surface area contributed by atoms with E-state index in [0.29, 0.717) is 54.9 Å². The molecule has 1 saturated heterocycles. The highest BCUT2D eigenvalue weighted by Gasteiger charge is 2.22. The maximum absolute atomic E-state index is 12.5. The first-order valence-electron chi connectivity index (χ1n) is 9.79. The Kier molecular flexibility index (Phi) is 7.81. The van der Waals surface area contributed by atoms with E-state index < -0.39 is 5.76 Å². The van der Waals surface area contributed by atoms with Gasteiger partial charge in [0.25, 0.3) is 5.76 Å². The molecular formula is C22H25F2N3O2S. The number of benzene rings is 2. The summed E-state index contributed by atoms with van der Waals surface area (Å²) in [6.45, 7) is 4.71. The van der Waals surface area contributed by atoms with Crippen molar-refractivity contribution in [2.75, 3.05) is 38.0 Å². The van der Waals surface area contributed by atoms with Gasteiger partial charge < -0.3 is 10.2 Å². The number of hydrogen-bond donors (Lipinski definition) is 1. The summed E-state index contributed by atoms with van der Waals surface area (Å²) in [5.41, 5.74) is 2.75. The van der Waals surface area contributed by atoms with Crippen molar-refractivity contribution in [2.45, 2.75) is 24.0 Å². The first-order chi connectivity index (χ1) is 14.4. The van der Waals surface area contributed by atoms with Gasteiger partial charge >= 0.3 is 0 Å². The number of halogens is 2. The summed E-state index contributed by atoms with van der Waals surface area (Å²) in [5.74, 6) is -2.53. The van der Waals surface area contributed by atoms with Crippen LogP contribution in [0.2, 0.25) is 0 Å². The Morgan fingerprint density at radius 2 is 1.63 bits per heavy atom. The monoisotopic (exact) mass is 433 g/mol. The number of alkyl halides is 2. The minimum Gasteiger partial charge on any atom is -0.340 e. The van der Waals surface area contributed by atoms with E-state index in [9.17, 15) is 18.4 Å². The number of anilines is 1. The van der Waals surface area contributed by atoms with Crippen LogP contribution in [-0.2, 0) is 16.0 Å². The largest absolute Gasteiger partial charge is 0.340 e. The van der Waals surface area contributed by atoms with Gasteiger partial charge in [-0.15, -0.1) is 0 Å². The number of rotatable bonds is 7. The summed E-state index contributed by atoms with van der Waals surface area (Å²) >= 11 is 0.471. The van der Waals surface area contributed by atoms with Crippen LogP contribution in [0.1, 0.15) is 11.1 Å². The van der Waals surface area contributed by atoms with Gasteiger partial charge in [0.2, 0.25) is 11.8 Å². The van der Waals surface area contributed by atoms with Crippen molar-refractivity contribution in [3.8, 4) is 0 Å². The van der Waals surface area contributed by atoms with Crippen LogP contribution in [0.15, 0.2) is 53.4 Å². The predicted octanol–water partition coefficient (Wildman–Crippen LogP) is 3.64. The molecule has 0 radical (unpaired) electrons. The van der Waals surface area contributed by atoms with Gasteiger partial charge in [-0.3, -0.25) is 14.5 Å². The highest BCUT2D eigenvalue weighted by Crippen LogP contribution is 2.26. The number of carbonyl (C=O) groups excluding carboxylic acids is 2. The van der Waals surface area contributed by atoms with Gasteiger partial charge in [-0.05, 0) is 36.8 Å². The summed E-state index contributed by atoms with van der Waals surface area (Å²) in [6, 6.07) is 14.3. The Bertz CT molecular complexity index is 852. The van der Waals surface area contributed by atoms with Crippen LogP contribution >= 0.6 is 11.8 Å². The number of piperazine rings is 1. The van der Waals surface area contributed by atoms with Crippen LogP contribution in [0.3, 0.4) is 0 Å². The van der Waals surface area contributed by atoms with E-state index in [4.69, 9.17) is 0 Å². The van der Waals surface area contributed by atoms with E-state index in [2.05, 4.69) is 5.32 Å². The van der Waals surface area contributed by atoms with Crippen LogP contribution in [0.4, 0.5) is 14.5 Å². The predicted molar refractivity (Wildman–Crippen MR) is 115 cm³/mol. The van der Waals surface area contributed by atoms with Crippen molar-refractivity contribution >= 4 is 29.3 Å². The zero-order valence-corrected chi connectivity index (χ0v) is 17.6. The smallest absolute Gasteiger partial charge is 0.288 e. The first kappa shape index (κ1) is 22.2. The number of amides is 2. The maximum Gasteiger partial charge on any atom is 0.288 e. The fourth-order valence-electron chi connectivity index (χ4n) is 3.27. The minimum absolute atomic E-state index is 0.102. The Balaban J connectivity index is 1.41. The highest BCUT2D eigenvalue weighted by molar-refractivity contribution is 7.99. The molecule has 1 aliphatic heterocycles. The zero-order chi connectivity index (χ0) is 21.5. The quantitative estimate of drug-likeness (QED) is 0.678. The van der Waals surface area contributed by atoms with Gasteiger partial charge in [-0.1, -0.05) is 41.6 Å². The average Bonchev–Trinajstić information content (AvgIpc) is 2.71. The maximum atomic E-state index is 12.5. The SMILES string of the molecule is Cc1ccc(CC(=O)N2CCN(CC(=O)Nc3ccc(SC(F)F)cc3)CC2)cc1. The number of hydrogen-bond acceptors (Lipinski definition) is 4. The molecule has 1 heterocycles. The van der Waals surface area contributed by atoms with E-state index in [1.165, 1.54) is 5.56 Å². The summed E-state index contributed by atoms with van der Waals surface area (Å²) in [6.07, 6.45) is 0.389. The number of aryl methyl sites for hydroxylation is 1.